The quantitative estimate of drug-likeness (QED) is 0.387. The fourth-order valence-electron chi connectivity index (χ4n) is 3.27. The summed E-state index contributed by atoms with van der Waals surface area (Å²) in [5.74, 6) is 3.23. The Kier molecular flexibility index (Phi) is 6.16. The molecule has 31 heavy (non-hydrogen) atoms. The van der Waals surface area contributed by atoms with Crippen molar-refractivity contribution in [3.05, 3.63) is 60.1 Å². The first kappa shape index (κ1) is 20.5. The van der Waals surface area contributed by atoms with Gasteiger partial charge in [0.15, 0.2) is 23.0 Å². The third kappa shape index (κ3) is 4.69. The molecule has 0 radical (unpaired) electrons. The molecule has 0 amide bonds. The molecule has 0 saturated heterocycles. The summed E-state index contributed by atoms with van der Waals surface area (Å²) in [4.78, 5) is 9.10. The van der Waals surface area contributed by atoms with Gasteiger partial charge in [-0.15, -0.1) is 0 Å². The number of benzene rings is 1. The van der Waals surface area contributed by atoms with Crippen LogP contribution >= 0.6 is 0 Å². The standard InChI is InChI=1S/C23H24N4O4/c1-15-12-20(31-27-15)17-14-25-23(26-22(17)19-7-5-11-30-19)24-10-4-6-16-8-9-18(28-2)21(13-16)29-3/h5,7-9,11-14H,4,6,10H2,1-3H3,(H,24,25,26). The maximum absolute atomic E-state index is 5.57. The average Bonchev–Trinajstić information content (AvgIpc) is 3.48. The van der Waals surface area contributed by atoms with Gasteiger partial charge in [-0.1, -0.05) is 11.2 Å². The number of nitrogens with one attached hydrogen (secondary N) is 1. The van der Waals surface area contributed by atoms with Crippen LogP contribution in [-0.2, 0) is 6.42 Å². The van der Waals surface area contributed by atoms with Gasteiger partial charge in [-0.25, -0.2) is 9.97 Å². The SMILES string of the molecule is COc1ccc(CCCNc2ncc(-c3cc(C)no3)c(-c3ccco3)n2)cc1OC. The second-order valence-corrected chi connectivity index (χ2v) is 6.99. The molecule has 0 saturated carbocycles. The van der Waals surface area contributed by atoms with Crippen molar-refractivity contribution in [1.82, 2.24) is 15.1 Å². The Morgan fingerprint density at radius 1 is 1.03 bits per heavy atom. The van der Waals surface area contributed by atoms with Gasteiger partial charge in [-0.3, -0.25) is 0 Å². The number of nitrogens with zero attached hydrogens (tertiary/aromatic N) is 3. The van der Waals surface area contributed by atoms with Crippen LogP contribution in [0.1, 0.15) is 17.7 Å². The molecular formula is C23H24N4O4. The Bertz CT molecular complexity index is 1140. The molecule has 4 rings (SSSR count). The van der Waals surface area contributed by atoms with Crippen LogP contribution in [0, 0.1) is 6.92 Å². The average molecular weight is 420 g/mol. The van der Waals surface area contributed by atoms with Crippen LogP contribution in [0.2, 0.25) is 0 Å². The van der Waals surface area contributed by atoms with Crippen molar-refractivity contribution in [2.45, 2.75) is 19.8 Å². The maximum Gasteiger partial charge on any atom is 0.223 e. The third-order valence-electron chi connectivity index (χ3n) is 4.81. The lowest BCUT2D eigenvalue weighted by Crippen LogP contribution is -2.07. The summed E-state index contributed by atoms with van der Waals surface area (Å²) in [5.41, 5.74) is 3.34. The van der Waals surface area contributed by atoms with Gasteiger partial charge < -0.3 is 23.7 Å². The largest absolute Gasteiger partial charge is 0.493 e. The van der Waals surface area contributed by atoms with E-state index in [-0.39, 0.29) is 0 Å². The first-order valence-electron chi connectivity index (χ1n) is 9.97. The molecular weight excluding hydrogens is 396 g/mol. The minimum atomic E-state index is 0.527. The number of aromatic nitrogens is 3. The van der Waals surface area contributed by atoms with Gasteiger partial charge >= 0.3 is 0 Å². The van der Waals surface area contributed by atoms with Gasteiger partial charge in [0.05, 0.1) is 31.7 Å². The maximum atomic E-state index is 5.57. The molecule has 0 bridgehead atoms. The smallest absolute Gasteiger partial charge is 0.223 e. The second-order valence-electron chi connectivity index (χ2n) is 6.99. The van der Waals surface area contributed by atoms with Gasteiger partial charge in [0, 0.05) is 18.8 Å². The zero-order chi connectivity index (χ0) is 21.6. The number of ether oxygens (including phenoxy) is 2. The van der Waals surface area contributed by atoms with Crippen molar-refractivity contribution < 1.29 is 18.4 Å². The lowest BCUT2D eigenvalue weighted by Gasteiger charge is -2.10. The molecule has 1 N–H and O–H groups in total. The first-order valence-corrected chi connectivity index (χ1v) is 9.97. The predicted octanol–water partition coefficient (Wildman–Crippen LogP) is 4.76. The van der Waals surface area contributed by atoms with Gasteiger partial charge in [-0.05, 0) is 49.6 Å². The Hall–Kier alpha value is -3.81. The Morgan fingerprint density at radius 3 is 2.61 bits per heavy atom. The number of methoxy groups -OCH3 is 2. The van der Waals surface area contributed by atoms with Crippen LogP contribution in [0.3, 0.4) is 0 Å². The molecule has 4 aromatic rings. The summed E-state index contributed by atoms with van der Waals surface area (Å²) in [5, 5.41) is 7.24. The zero-order valence-corrected chi connectivity index (χ0v) is 17.7. The van der Waals surface area contributed by atoms with E-state index in [1.807, 2.05) is 43.3 Å². The Morgan fingerprint density at radius 2 is 1.90 bits per heavy atom. The van der Waals surface area contributed by atoms with E-state index in [4.69, 9.17) is 18.4 Å². The molecule has 3 heterocycles. The molecule has 160 valence electrons. The summed E-state index contributed by atoms with van der Waals surface area (Å²) in [6.07, 6.45) is 5.12. The minimum Gasteiger partial charge on any atom is -0.493 e. The van der Waals surface area contributed by atoms with Gasteiger partial charge in [0.2, 0.25) is 5.95 Å². The molecule has 0 unspecified atom stereocenters. The number of aryl methyl sites for hydroxylation is 2. The van der Waals surface area contributed by atoms with E-state index >= 15 is 0 Å². The highest BCUT2D eigenvalue weighted by atomic mass is 16.5. The highest BCUT2D eigenvalue weighted by molar-refractivity contribution is 5.75. The van der Waals surface area contributed by atoms with E-state index in [0.717, 1.165) is 35.6 Å². The highest BCUT2D eigenvalue weighted by Gasteiger charge is 2.17. The fourth-order valence-corrected chi connectivity index (χ4v) is 3.27. The van der Waals surface area contributed by atoms with Crippen LogP contribution in [0.5, 0.6) is 11.5 Å². The number of rotatable bonds is 9. The minimum absolute atomic E-state index is 0.527. The van der Waals surface area contributed by atoms with Gasteiger partial charge in [0.25, 0.3) is 0 Å². The monoisotopic (exact) mass is 420 g/mol. The molecule has 8 heteroatoms. The molecule has 0 aliphatic carbocycles. The summed E-state index contributed by atoms with van der Waals surface area (Å²) >= 11 is 0. The van der Waals surface area contributed by atoms with Crippen LogP contribution < -0.4 is 14.8 Å². The molecule has 0 fully saturated rings. The topological polar surface area (TPSA) is 95.4 Å². The fraction of sp³-hybridized carbons (Fsp3) is 0.261. The van der Waals surface area contributed by atoms with Crippen LogP contribution in [0.4, 0.5) is 5.95 Å². The van der Waals surface area contributed by atoms with E-state index in [2.05, 4.69) is 20.4 Å². The predicted molar refractivity (Wildman–Crippen MR) is 116 cm³/mol. The van der Waals surface area contributed by atoms with E-state index in [1.165, 1.54) is 5.56 Å². The number of furan rings is 1. The van der Waals surface area contributed by atoms with Crippen LogP contribution in [0.15, 0.2) is 57.8 Å². The van der Waals surface area contributed by atoms with Crippen molar-refractivity contribution >= 4 is 5.95 Å². The van der Waals surface area contributed by atoms with E-state index in [1.54, 1.807) is 26.7 Å². The molecule has 8 nitrogen and oxygen atoms in total. The van der Waals surface area contributed by atoms with Crippen molar-refractivity contribution in [3.8, 4) is 34.3 Å². The molecule has 1 aromatic carbocycles. The molecule has 0 spiro atoms. The van der Waals surface area contributed by atoms with E-state index < -0.39 is 0 Å². The normalized spacial score (nSPS) is 10.8. The third-order valence-corrected chi connectivity index (χ3v) is 4.81. The van der Waals surface area contributed by atoms with E-state index in [0.29, 0.717) is 29.7 Å². The first-order chi connectivity index (χ1) is 15.2. The number of anilines is 1. The summed E-state index contributed by atoms with van der Waals surface area (Å²) < 4.78 is 21.6. The van der Waals surface area contributed by atoms with Crippen LogP contribution in [0.25, 0.3) is 22.8 Å². The molecule has 0 aliphatic rings. The molecule has 0 aliphatic heterocycles. The number of hydrogen-bond donors (Lipinski definition) is 1. The molecule has 3 aromatic heterocycles. The summed E-state index contributed by atoms with van der Waals surface area (Å²) in [6, 6.07) is 11.5. The Labute approximate surface area is 180 Å². The Balaban J connectivity index is 1.44. The van der Waals surface area contributed by atoms with Gasteiger partial charge in [0.1, 0.15) is 5.69 Å². The van der Waals surface area contributed by atoms with Crippen molar-refractivity contribution in [2.75, 3.05) is 26.1 Å². The summed E-state index contributed by atoms with van der Waals surface area (Å²) in [7, 11) is 3.27. The van der Waals surface area contributed by atoms with Gasteiger partial charge in [-0.2, -0.15) is 0 Å². The zero-order valence-electron chi connectivity index (χ0n) is 17.7. The van der Waals surface area contributed by atoms with Crippen molar-refractivity contribution in [3.63, 3.8) is 0 Å². The second kappa shape index (κ2) is 9.34. The lowest BCUT2D eigenvalue weighted by atomic mass is 10.1. The number of hydrogen-bond acceptors (Lipinski definition) is 8. The highest BCUT2D eigenvalue weighted by Crippen LogP contribution is 2.31. The summed E-state index contributed by atoms with van der Waals surface area (Å²) in [6.45, 7) is 2.58. The van der Waals surface area contributed by atoms with Crippen LogP contribution in [-0.4, -0.2) is 35.9 Å². The van der Waals surface area contributed by atoms with Crippen molar-refractivity contribution in [1.29, 1.82) is 0 Å². The van der Waals surface area contributed by atoms with E-state index in [9.17, 15) is 0 Å². The van der Waals surface area contributed by atoms with Crippen molar-refractivity contribution in [2.24, 2.45) is 0 Å². The molecule has 0 atom stereocenters. The lowest BCUT2D eigenvalue weighted by molar-refractivity contribution is 0.354.